The molecule has 1 aliphatic rings. The molecule has 0 saturated heterocycles. The molecular formula is C20H24BrN3O2. The molecule has 1 aromatic carbocycles. The van der Waals surface area contributed by atoms with E-state index in [4.69, 9.17) is 0 Å². The molecule has 1 aromatic heterocycles. The van der Waals surface area contributed by atoms with Gasteiger partial charge in [0.15, 0.2) is 0 Å². The van der Waals surface area contributed by atoms with Gasteiger partial charge < -0.3 is 15.6 Å². The molecule has 26 heavy (non-hydrogen) atoms. The summed E-state index contributed by atoms with van der Waals surface area (Å²) in [5.41, 5.74) is 3.91. The minimum Gasteiger partial charge on any atom is -0.335 e. The molecule has 0 fully saturated rings. The van der Waals surface area contributed by atoms with Gasteiger partial charge in [0, 0.05) is 28.3 Å². The van der Waals surface area contributed by atoms with Gasteiger partial charge in [0.05, 0.1) is 0 Å². The van der Waals surface area contributed by atoms with Crippen LogP contribution in [0.15, 0.2) is 39.6 Å². The second kappa shape index (κ2) is 8.54. The fraction of sp³-hybridized carbons (Fsp3) is 0.400. The number of aromatic nitrogens is 1. The molecule has 0 aliphatic heterocycles. The second-order valence-electron chi connectivity index (χ2n) is 6.71. The van der Waals surface area contributed by atoms with Crippen molar-refractivity contribution < 1.29 is 4.79 Å². The van der Waals surface area contributed by atoms with Crippen molar-refractivity contribution in [3.8, 4) is 0 Å². The number of H-pyrrole nitrogens is 1. The highest BCUT2D eigenvalue weighted by Crippen LogP contribution is 2.19. The Morgan fingerprint density at radius 3 is 2.85 bits per heavy atom. The van der Waals surface area contributed by atoms with Crippen molar-refractivity contribution >= 4 is 22.0 Å². The van der Waals surface area contributed by atoms with Gasteiger partial charge in [0.1, 0.15) is 0 Å². The van der Waals surface area contributed by atoms with Crippen LogP contribution in [0.25, 0.3) is 0 Å². The van der Waals surface area contributed by atoms with Crippen LogP contribution in [0.3, 0.4) is 0 Å². The molecule has 0 bridgehead atoms. The lowest BCUT2D eigenvalue weighted by Crippen LogP contribution is -2.43. The Bertz CT molecular complexity index is 847. The summed E-state index contributed by atoms with van der Waals surface area (Å²) < 4.78 is 1.05. The summed E-state index contributed by atoms with van der Waals surface area (Å²) in [6.45, 7) is 2.28. The highest BCUT2D eigenvalue weighted by atomic mass is 79.9. The molecule has 1 heterocycles. The zero-order chi connectivity index (χ0) is 18.5. The summed E-state index contributed by atoms with van der Waals surface area (Å²) >= 11 is 3.55. The average Bonchev–Trinajstić information content (AvgIpc) is 3.08. The Kier molecular flexibility index (Phi) is 6.14. The standard InChI is InChI=1S/C20H24BrN3O2/c1-2-16(11-13-6-3-4-8-17(13)21)23-20(26)22-12-15-10-14-7-5-9-18(14)24-19(15)25/h3-4,6,8,10,16H,2,5,7,9,11-12H2,1H3,(H,24,25)(H2,22,23,26). The number of amides is 2. The molecule has 0 saturated carbocycles. The highest BCUT2D eigenvalue weighted by Gasteiger charge is 2.16. The monoisotopic (exact) mass is 417 g/mol. The molecule has 0 radical (unpaired) electrons. The van der Waals surface area contributed by atoms with E-state index < -0.39 is 0 Å². The van der Waals surface area contributed by atoms with E-state index in [0.29, 0.717) is 5.56 Å². The predicted octanol–water partition coefficient (Wildman–Crippen LogP) is 3.45. The molecule has 2 amide bonds. The minimum atomic E-state index is -0.246. The molecule has 2 aromatic rings. The number of pyridine rings is 1. The highest BCUT2D eigenvalue weighted by molar-refractivity contribution is 9.10. The summed E-state index contributed by atoms with van der Waals surface area (Å²) in [6, 6.07) is 9.74. The van der Waals surface area contributed by atoms with Crippen molar-refractivity contribution in [1.29, 1.82) is 0 Å². The van der Waals surface area contributed by atoms with Crippen molar-refractivity contribution in [1.82, 2.24) is 15.6 Å². The van der Waals surface area contributed by atoms with Gasteiger partial charge in [-0.1, -0.05) is 41.1 Å². The van der Waals surface area contributed by atoms with Crippen LogP contribution in [-0.4, -0.2) is 17.1 Å². The van der Waals surface area contributed by atoms with E-state index in [-0.39, 0.29) is 24.2 Å². The van der Waals surface area contributed by atoms with Crippen LogP contribution < -0.4 is 16.2 Å². The van der Waals surface area contributed by atoms with E-state index in [0.717, 1.165) is 47.8 Å². The molecule has 1 unspecified atom stereocenters. The van der Waals surface area contributed by atoms with E-state index in [1.807, 2.05) is 31.2 Å². The first kappa shape index (κ1) is 18.7. The molecule has 1 aliphatic carbocycles. The largest absolute Gasteiger partial charge is 0.335 e. The van der Waals surface area contributed by atoms with Crippen molar-refractivity contribution in [2.75, 3.05) is 0 Å². The lowest BCUT2D eigenvalue weighted by molar-refractivity contribution is 0.236. The average molecular weight is 418 g/mol. The first-order chi connectivity index (χ1) is 12.6. The van der Waals surface area contributed by atoms with Gasteiger partial charge in [-0.2, -0.15) is 0 Å². The number of carbonyl (C=O) groups excluding carboxylic acids is 1. The number of carbonyl (C=O) groups is 1. The summed E-state index contributed by atoms with van der Waals surface area (Å²) in [5.74, 6) is 0. The number of nitrogens with one attached hydrogen (secondary N) is 3. The first-order valence-corrected chi connectivity index (χ1v) is 9.87. The van der Waals surface area contributed by atoms with E-state index in [1.165, 1.54) is 5.56 Å². The van der Waals surface area contributed by atoms with Gasteiger partial charge in [0.25, 0.3) is 5.56 Å². The zero-order valence-electron chi connectivity index (χ0n) is 14.9. The van der Waals surface area contributed by atoms with E-state index in [2.05, 4.69) is 37.6 Å². The molecular weight excluding hydrogens is 394 g/mol. The molecule has 3 N–H and O–H groups in total. The molecule has 1 atom stereocenters. The third-order valence-electron chi connectivity index (χ3n) is 4.86. The van der Waals surface area contributed by atoms with E-state index in [9.17, 15) is 9.59 Å². The van der Waals surface area contributed by atoms with Crippen molar-refractivity contribution in [2.45, 2.75) is 51.6 Å². The Morgan fingerprint density at radius 1 is 1.27 bits per heavy atom. The van der Waals surface area contributed by atoms with Crippen LogP contribution in [0, 0.1) is 0 Å². The minimum absolute atomic E-state index is 0.0343. The van der Waals surface area contributed by atoms with Crippen LogP contribution in [-0.2, 0) is 25.8 Å². The second-order valence-corrected chi connectivity index (χ2v) is 7.56. The van der Waals surface area contributed by atoms with Crippen LogP contribution in [0.5, 0.6) is 0 Å². The van der Waals surface area contributed by atoms with Crippen molar-refractivity contribution in [3.05, 3.63) is 67.5 Å². The fourth-order valence-electron chi connectivity index (χ4n) is 3.33. The third-order valence-corrected chi connectivity index (χ3v) is 5.63. The summed E-state index contributed by atoms with van der Waals surface area (Å²) in [7, 11) is 0. The smallest absolute Gasteiger partial charge is 0.315 e. The molecule has 0 spiro atoms. The summed E-state index contributed by atoms with van der Waals surface area (Å²) in [6.07, 6.45) is 4.59. The normalized spacial score (nSPS) is 13.9. The number of aryl methyl sites for hydroxylation is 2. The van der Waals surface area contributed by atoms with Crippen LogP contribution in [0.2, 0.25) is 0 Å². The lowest BCUT2D eigenvalue weighted by Gasteiger charge is -2.18. The van der Waals surface area contributed by atoms with Gasteiger partial charge in [0.2, 0.25) is 0 Å². The number of fused-ring (bicyclic) bond motifs is 1. The Labute approximate surface area is 161 Å². The van der Waals surface area contributed by atoms with Crippen LogP contribution in [0.1, 0.15) is 42.1 Å². The summed E-state index contributed by atoms with van der Waals surface area (Å²) in [5, 5.41) is 5.82. The van der Waals surface area contributed by atoms with Gasteiger partial charge in [-0.25, -0.2) is 4.79 Å². The van der Waals surface area contributed by atoms with Crippen molar-refractivity contribution in [3.63, 3.8) is 0 Å². The number of urea groups is 1. The van der Waals surface area contributed by atoms with Crippen LogP contribution in [0.4, 0.5) is 4.79 Å². The lowest BCUT2D eigenvalue weighted by atomic mass is 10.0. The molecule has 5 nitrogen and oxygen atoms in total. The zero-order valence-corrected chi connectivity index (χ0v) is 16.5. The van der Waals surface area contributed by atoms with Gasteiger partial charge in [-0.3, -0.25) is 4.79 Å². The maximum atomic E-state index is 12.3. The number of halogens is 1. The third kappa shape index (κ3) is 4.55. The van der Waals surface area contributed by atoms with E-state index >= 15 is 0 Å². The van der Waals surface area contributed by atoms with Crippen molar-refractivity contribution in [2.24, 2.45) is 0 Å². The number of hydrogen-bond acceptors (Lipinski definition) is 2. The number of hydrogen-bond donors (Lipinski definition) is 3. The van der Waals surface area contributed by atoms with E-state index in [1.54, 1.807) is 0 Å². The molecule has 3 rings (SSSR count). The SMILES string of the molecule is CCC(Cc1ccccc1Br)NC(=O)NCc1cc2c([nH]c1=O)CCC2. The number of benzene rings is 1. The molecule has 6 heteroatoms. The topological polar surface area (TPSA) is 74.0 Å². The Hall–Kier alpha value is -2.08. The summed E-state index contributed by atoms with van der Waals surface area (Å²) in [4.78, 5) is 27.3. The number of rotatable bonds is 6. The van der Waals surface area contributed by atoms with Gasteiger partial charge in [-0.15, -0.1) is 0 Å². The maximum Gasteiger partial charge on any atom is 0.315 e. The Morgan fingerprint density at radius 2 is 2.08 bits per heavy atom. The predicted molar refractivity (Wildman–Crippen MR) is 106 cm³/mol. The number of aromatic amines is 1. The quantitative estimate of drug-likeness (QED) is 0.673. The molecule has 138 valence electrons. The fourth-order valence-corrected chi connectivity index (χ4v) is 3.78. The maximum absolute atomic E-state index is 12.3. The first-order valence-electron chi connectivity index (χ1n) is 9.08. The van der Waals surface area contributed by atoms with Gasteiger partial charge >= 0.3 is 6.03 Å². The Balaban J connectivity index is 1.56. The van der Waals surface area contributed by atoms with Gasteiger partial charge in [-0.05, 0) is 55.4 Å². The van der Waals surface area contributed by atoms with Crippen LogP contribution >= 0.6 is 15.9 Å².